The van der Waals surface area contributed by atoms with E-state index in [4.69, 9.17) is 17.0 Å². The van der Waals surface area contributed by atoms with E-state index in [2.05, 4.69) is 39.4 Å². The zero-order chi connectivity index (χ0) is 21.7. The topological polar surface area (TPSA) is 65.1 Å². The van der Waals surface area contributed by atoms with E-state index in [0.717, 1.165) is 38.4 Å². The van der Waals surface area contributed by atoms with E-state index < -0.39 is 10.0 Å². The van der Waals surface area contributed by atoms with Crippen molar-refractivity contribution in [3.8, 4) is 0 Å². The van der Waals surface area contributed by atoms with Crippen molar-refractivity contribution in [2.45, 2.75) is 11.4 Å². The van der Waals surface area contributed by atoms with E-state index >= 15 is 0 Å². The molecule has 4 rings (SSSR count). The Kier molecular flexibility index (Phi) is 7.19. The minimum atomic E-state index is -3.48. The van der Waals surface area contributed by atoms with Gasteiger partial charge < -0.3 is 15.0 Å². The first kappa shape index (κ1) is 22.2. The molecule has 0 amide bonds. The molecule has 0 saturated carbocycles. The van der Waals surface area contributed by atoms with Gasteiger partial charge in [0.15, 0.2) is 5.11 Å². The van der Waals surface area contributed by atoms with Gasteiger partial charge in [-0.1, -0.05) is 30.3 Å². The standard InChI is InChI=1S/C22H28N4O3S2/c27-31(28,26-14-16-29-17-15-26)21-8-6-20(7-9-21)23-22(30)25-12-10-24(11-13-25)18-19-4-2-1-3-5-19/h1-9H,10-18H2,(H,23,30). The van der Waals surface area contributed by atoms with E-state index in [0.29, 0.717) is 36.3 Å². The van der Waals surface area contributed by atoms with Crippen LogP contribution in [0.15, 0.2) is 59.5 Å². The number of benzene rings is 2. The number of thiocarbonyl (C=S) groups is 1. The second-order valence-corrected chi connectivity index (χ2v) is 10.0. The predicted octanol–water partition coefficient (Wildman–Crippen LogP) is 2.22. The maximum Gasteiger partial charge on any atom is 0.243 e. The molecule has 2 aromatic carbocycles. The Labute approximate surface area is 189 Å². The lowest BCUT2D eigenvalue weighted by molar-refractivity contribution is 0.0730. The number of sulfonamides is 1. The van der Waals surface area contributed by atoms with Crippen LogP contribution < -0.4 is 5.32 Å². The van der Waals surface area contributed by atoms with Crippen molar-refractivity contribution < 1.29 is 13.2 Å². The molecule has 0 aromatic heterocycles. The van der Waals surface area contributed by atoms with Gasteiger partial charge in [0, 0.05) is 51.5 Å². The van der Waals surface area contributed by atoms with Crippen molar-refractivity contribution in [1.82, 2.24) is 14.1 Å². The molecule has 0 radical (unpaired) electrons. The van der Waals surface area contributed by atoms with Crippen molar-refractivity contribution >= 4 is 33.0 Å². The lowest BCUT2D eigenvalue weighted by atomic mass is 10.2. The van der Waals surface area contributed by atoms with Crippen LogP contribution >= 0.6 is 12.2 Å². The van der Waals surface area contributed by atoms with Crippen LogP contribution in [0.3, 0.4) is 0 Å². The van der Waals surface area contributed by atoms with Gasteiger partial charge in [0.05, 0.1) is 18.1 Å². The first-order valence-corrected chi connectivity index (χ1v) is 12.4. The second-order valence-electron chi connectivity index (χ2n) is 7.72. The molecule has 0 unspecified atom stereocenters. The van der Waals surface area contributed by atoms with E-state index in [1.807, 2.05) is 6.07 Å². The van der Waals surface area contributed by atoms with Crippen molar-refractivity contribution in [2.75, 3.05) is 57.8 Å². The number of ether oxygens (including phenoxy) is 1. The fourth-order valence-corrected chi connectivity index (χ4v) is 5.51. The van der Waals surface area contributed by atoms with Crippen molar-refractivity contribution in [3.63, 3.8) is 0 Å². The van der Waals surface area contributed by atoms with Crippen LogP contribution in [-0.2, 0) is 21.3 Å². The monoisotopic (exact) mass is 460 g/mol. The average molecular weight is 461 g/mol. The maximum absolute atomic E-state index is 12.7. The average Bonchev–Trinajstić information content (AvgIpc) is 2.81. The second kappa shape index (κ2) is 10.1. The first-order chi connectivity index (χ1) is 15.0. The summed E-state index contributed by atoms with van der Waals surface area (Å²) in [5.41, 5.74) is 2.11. The molecule has 0 bridgehead atoms. The van der Waals surface area contributed by atoms with Crippen molar-refractivity contribution in [2.24, 2.45) is 0 Å². The SMILES string of the molecule is O=S(=O)(c1ccc(NC(=S)N2CCN(Cc3ccccc3)CC2)cc1)N1CCOCC1. The highest BCUT2D eigenvalue weighted by Gasteiger charge is 2.26. The Balaban J connectivity index is 1.29. The van der Waals surface area contributed by atoms with Crippen LogP contribution in [0, 0.1) is 0 Å². The van der Waals surface area contributed by atoms with E-state index in [-0.39, 0.29) is 0 Å². The van der Waals surface area contributed by atoms with Gasteiger partial charge in [-0.15, -0.1) is 0 Å². The van der Waals surface area contributed by atoms with Gasteiger partial charge in [-0.2, -0.15) is 4.31 Å². The molecule has 2 saturated heterocycles. The third-order valence-electron chi connectivity index (χ3n) is 5.62. The fourth-order valence-electron chi connectivity index (χ4n) is 3.80. The lowest BCUT2D eigenvalue weighted by Gasteiger charge is -2.36. The third kappa shape index (κ3) is 5.61. The van der Waals surface area contributed by atoms with Crippen LogP contribution in [0.1, 0.15) is 5.56 Å². The van der Waals surface area contributed by atoms with Gasteiger partial charge in [0.1, 0.15) is 0 Å². The minimum absolute atomic E-state index is 0.292. The number of nitrogens with zero attached hydrogens (tertiary/aromatic N) is 3. The summed E-state index contributed by atoms with van der Waals surface area (Å²) in [4.78, 5) is 4.88. The summed E-state index contributed by atoms with van der Waals surface area (Å²) in [5, 5.41) is 3.91. The number of morpholine rings is 1. The highest BCUT2D eigenvalue weighted by atomic mass is 32.2. The molecular formula is C22H28N4O3S2. The lowest BCUT2D eigenvalue weighted by Crippen LogP contribution is -2.49. The molecule has 2 aliphatic rings. The van der Waals surface area contributed by atoms with E-state index in [9.17, 15) is 8.42 Å². The van der Waals surface area contributed by atoms with Gasteiger partial charge in [0.2, 0.25) is 10.0 Å². The van der Waals surface area contributed by atoms with Crippen LogP contribution in [0.25, 0.3) is 0 Å². The molecule has 2 aromatic rings. The summed E-state index contributed by atoms with van der Waals surface area (Å²) in [7, 11) is -3.48. The molecule has 0 spiro atoms. The van der Waals surface area contributed by atoms with Crippen LogP contribution in [0.2, 0.25) is 0 Å². The largest absolute Gasteiger partial charge is 0.379 e. The number of hydrogen-bond acceptors (Lipinski definition) is 5. The number of anilines is 1. The Morgan fingerprint density at radius 1 is 0.903 bits per heavy atom. The molecule has 31 heavy (non-hydrogen) atoms. The summed E-state index contributed by atoms with van der Waals surface area (Å²) in [6.07, 6.45) is 0. The zero-order valence-electron chi connectivity index (χ0n) is 17.4. The summed E-state index contributed by atoms with van der Waals surface area (Å²) >= 11 is 5.59. The molecule has 2 fully saturated rings. The Hall–Kier alpha value is -2.04. The maximum atomic E-state index is 12.7. The summed E-state index contributed by atoms with van der Waals surface area (Å²) in [6.45, 7) is 6.24. The minimum Gasteiger partial charge on any atom is -0.379 e. The van der Waals surface area contributed by atoms with Gasteiger partial charge in [-0.3, -0.25) is 4.90 Å². The van der Waals surface area contributed by atoms with Gasteiger partial charge in [-0.05, 0) is 42.0 Å². The summed E-state index contributed by atoms with van der Waals surface area (Å²) in [6, 6.07) is 17.3. The van der Waals surface area contributed by atoms with E-state index in [1.165, 1.54) is 9.87 Å². The normalized spacial score (nSPS) is 18.6. The molecule has 166 valence electrons. The van der Waals surface area contributed by atoms with Crippen LogP contribution in [-0.4, -0.2) is 80.1 Å². The highest BCUT2D eigenvalue weighted by Crippen LogP contribution is 2.20. The number of hydrogen-bond donors (Lipinski definition) is 1. The quantitative estimate of drug-likeness (QED) is 0.687. The highest BCUT2D eigenvalue weighted by molar-refractivity contribution is 7.89. The van der Waals surface area contributed by atoms with Gasteiger partial charge in [-0.25, -0.2) is 8.42 Å². The zero-order valence-corrected chi connectivity index (χ0v) is 19.1. The predicted molar refractivity (Wildman–Crippen MR) is 126 cm³/mol. The Morgan fingerprint density at radius 2 is 1.55 bits per heavy atom. The van der Waals surface area contributed by atoms with Crippen molar-refractivity contribution in [3.05, 3.63) is 60.2 Å². The number of rotatable bonds is 5. The number of piperazine rings is 1. The molecule has 0 aliphatic carbocycles. The summed E-state index contributed by atoms with van der Waals surface area (Å²) < 4.78 is 32.2. The smallest absolute Gasteiger partial charge is 0.243 e. The van der Waals surface area contributed by atoms with E-state index in [1.54, 1.807) is 24.3 Å². The molecule has 0 atom stereocenters. The third-order valence-corrected chi connectivity index (χ3v) is 7.90. The molecular weight excluding hydrogens is 432 g/mol. The first-order valence-electron chi connectivity index (χ1n) is 10.5. The molecule has 2 heterocycles. The Bertz CT molecular complexity index is 970. The summed E-state index contributed by atoms with van der Waals surface area (Å²) in [5.74, 6) is 0. The van der Waals surface area contributed by atoms with Gasteiger partial charge in [0.25, 0.3) is 0 Å². The number of nitrogens with one attached hydrogen (secondary N) is 1. The molecule has 1 N–H and O–H groups in total. The van der Waals surface area contributed by atoms with Crippen LogP contribution in [0.5, 0.6) is 0 Å². The fraction of sp³-hybridized carbons (Fsp3) is 0.409. The van der Waals surface area contributed by atoms with Crippen molar-refractivity contribution in [1.29, 1.82) is 0 Å². The molecule has 2 aliphatic heterocycles. The molecule has 7 nitrogen and oxygen atoms in total. The van der Waals surface area contributed by atoms with Crippen LogP contribution in [0.4, 0.5) is 5.69 Å². The Morgan fingerprint density at radius 3 is 2.19 bits per heavy atom. The van der Waals surface area contributed by atoms with Gasteiger partial charge >= 0.3 is 0 Å². The molecule has 9 heteroatoms.